The summed E-state index contributed by atoms with van der Waals surface area (Å²) < 4.78 is 37.0. The minimum Gasteiger partial charge on any atom is -0.497 e. The van der Waals surface area contributed by atoms with Crippen molar-refractivity contribution < 1.29 is 22.7 Å². The predicted octanol–water partition coefficient (Wildman–Crippen LogP) is 2.85. The highest BCUT2D eigenvalue weighted by atomic mass is 32.2. The molecule has 2 aromatic carbocycles. The van der Waals surface area contributed by atoms with Gasteiger partial charge in [-0.05, 0) is 35.9 Å². The maximum Gasteiger partial charge on any atom is 0.243 e. The zero-order valence-electron chi connectivity index (χ0n) is 13.8. The number of benzene rings is 2. The molecular formula is C18H17NO5S. The second kappa shape index (κ2) is 6.60. The lowest BCUT2D eigenvalue weighted by atomic mass is 10.2. The van der Waals surface area contributed by atoms with Crippen molar-refractivity contribution in [1.82, 2.24) is 3.97 Å². The molecule has 7 heteroatoms. The summed E-state index contributed by atoms with van der Waals surface area (Å²) in [7, 11) is -0.631. The third kappa shape index (κ3) is 3.23. The van der Waals surface area contributed by atoms with Crippen LogP contribution in [0, 0.1) is 0 Å². The first-order valence-corrected chi connectivity index (χ1v) is 9.10. The number of ether oxygens (including phenoxy) is 2. The smallest absolute Gasteiger partial charge is 0.243 e. The van der Waals surface area contributed by atoms with E-state index >= 15 is 0 Å². The Balaban J connectivity index is 2.05. The Labute approximate surface area is 145 Å². The average molecular weight is 359 g/mol. The number of aldehydes is 1. The number of rotatable bonds is 6. The van der Waals surface area contributed by atoms with E-state index in [0.717, 1.165) is 3.97 Å². The molecule has 25 heavy (non-hydrogen) atoms. The van der Waals surface area contributed by atoms with Crippen LogP contribution >= 0.6 is 0 Å². The van der Waals surface area contributed by atoms with E-state index < -0.39 is 10.0 Å². The molecule has 0 N–H and O–H groups in total. The zero-order valence-corrected chi connectivity index (χ0v) is 14.6. The van der Waals surface area contributed by atoms with Gasteiger partial charge in [0.1, 0.15) is 11.5 Å². The summed E-state index contributed by atoms with van der Waals surface area (Å²) >= 11 is 0. The zero-order chi connectivity index (χ0) is 18.0. The van der Waals surface area contributed by atoms with Crippen molar-refractivity contribution in [3.8, 4) is 11.5 Å². The van der Waals surface area contributed by atoms with Crippen LogP contribution in [0.25, 0.3) is 10.9 Å². The standard InChI is InChI=1S/C18H17NO5S/c1-23-15-5-3-13(4-6-15)12-25(21,22)19-10-14(11-20)17-9-16(24-2)7-8-18(17)19/h3-11H,12H2,1-2H3. The van der Waals surface area contributed by atoms with Crippen molar-refractivity contribution in [1.29, 1.82) is 0 Å². The minimum atomic E-state index is -3.69. The Morgan fingerprint density at radius 3 is 2.24 bits per heavy atom. The van der Waals surface area contributed by atoms with Crippen LogP contribution in [0.1, 0.15) is 15.9 Å². The van der Waals surface area contributed by atoms with Gasteiger partial charge in [0.25, 0.3) is 0 Å². The molecule has 0 atom stereocenters. The lowest BCUT2D eigenvalue weighted by molar-refractivity contribution is 0.112. The van der Waals surface area contributed by atoms with Crippen LogP contribution in [0.2, 0.25) is 0 Å². The van der Waals surface area contributed by atoms with Gasteiger partial charge < -0.3 is 9.47 Å². The highest BCUT2D eigenvalue weighted by molar-refractivity contribution is 7.89. The van der Waals surface area contributed by atoms with Gasteiger partial charge in [-0.25, -0.2) is 12.4 Å². The van der Waals surface area contributed by atoms with Gasteiger partial charge in [0, 0.05) is 17.1 Å². The summed E-state index contributed by atoms with van der Waals surface area (Å²) in [6, 6.07) is 11.8. The molecule has 3 rings (SSSR count). The van der Waals surface area contributed by atoms with Gasteiger partial charge in [0.05, 0.1) is 25.5 Å². The Hall–Kier alpha value is -2.80. The molecule has 1 heterocycles. The van der Waals surface area contributed by atoms with E-state index in [2.05, 4.69) is 0 Å². The summed E-state index contributed by atoms with van der Waals surface area (Å²) in [5.41, 5.74) is 1.37. The van der Waals surface area contributed by atoms with Gasteiger partial charge in [-0.15, -0.1) is 0 Å². The van der Waals surface area contributed by atoms with Crippen LogP contribution in [0.4, 0.5) is 0 Å². The molecule has 130 valence electrons. The Morgan fingerprint density at radius 2 is 1.64 bits per heavy atom. The number of nitrogens with zero attached hydrogens (tertiary/aromatic N) is 1. The molecular weight excluding hydrogens is 342 g/mol. The Kier molecular flexibility index (Phi) is 4.50. The van der Waals surface area contributed by atoms with E-state index in [-0.39, 0.29) is 5.75 Å². The number of carbonyl (C=O) groups is 1. The molecule has 0 fully saturated rings. The molecule has 3 aromatic rings. The average Bonchev–Trinajstić information content (AvgIpc) is 3.00. The molecule has 0 saturated heterocycles. The number of aromatic nitrogens is 1. The van der Waals surface area contributed by atoms with E-state index in [1.54, 1.807) is 49.6 Å². The number of fused-ring (bicyclic) bond motifs is 1. The topological polar surface area (TPSA) is 74.6 Å². The van der Waals surface area contributed by atoms with Crippen LogP contribution in [-0.4, -0.2) is 32.9 Å². The molecule has 0 spiro atoms. The second-order valence-corrected chi connectivity index (χ2v) is 7.33. The van der Waals surface area contributed by atoms with E-state index in [1.165, 1.54) is 13.3 Å². The first-order chi connectivity index (χ1) is 12.0. The van der Waals surface area contributed by atoms with Gasteiger partial charge in [-0.1, -0.05) is 12.1 Å². The molecule has 0 aliphatic heterocycles. The van der Waals surface area contributed by atoms with Crippen LogP contribution < -0.4 is 9.47 Å². The number of methoxy groups -OCH3 is 2. The van der Waals surface area contributed by atoms with E-state index in [4.69, 9.17) is 9.47 Å². The summed E-state index contributed by atoms with van der Waals surface area (Å²) in [6.45, 7) is 0. The van der Waals surface area contributed by atoms with Crippen molar-refractivity contribution in [2.75, 3.05) is 14.2 Å². The molecule has 0 radical (unpaired) electrons. The summed E-state index contributed by atoms with van der Waals surface area (Å²) in [4.78, 5) is 11.3. The number of hydrogen-bond donors (Lipinski definition) is 0. The van der Waals surface area contributed by atoms with Crippen molar-refractivity contribution in [3.63, 3.8) is 0 Å². The second-order valence-electron chi connectivity index (χ2n) is 5.49. The normalized spacial score (nSPS) is 11.4. The number of hydrogen-bond acceptors (Lipinski definition) is 5. The van der Waals surface area contributed by atoms with Crippen molar-refractivity contribution >= 4 is 27.2 Å². The molecule has 1 aromatic heterocycles. The first kappa shape index (κ1) is 17.0. The highest BCUT2D eigenvalue weighted by Crippen LogP contribution is 2.27. The third-order valence-electron chi connectivity index (χ3n) is 3.94. The van der Waals surface area contributed by atoms with E-state index in [1.807, 2.05) is 0 Å². The van der Waals surface area contributed by atoms with Gasteiger partial charge >= 0.3 is 0 Å². The fourth-order valence-electron chi connectivity index (χ4n) is 2.66. The first-order valence-electron chi connectivity index (χ1n) is 7.49. The van der Waals surface area contributed by atoms with Crippen molar-refractivity contribution in [3.05, 3.63) is 59.8 Å². The van der Waals surface area contributed by atoms with Crippen LogP contribution in [0.5, 0.6) is 11.5 Å². The largest absolute Gasteiger partial charge is 0.497 e. The predicted molar refractivity (Wildman–Crippen MR) is 94.9 cm³/mol. The maximum absolute atomic E-state index is 12.8. The van der Waals surface area contributed by atoms with Crippen LogP contribution in [0.3, 0.4) is 0 Å². The lowest BCUT2D eigenvalue weighted by Crippen LogP contribution is -2.14. The van der Waals surface area contributed by atoms with Crippen LogP contribution in [0.15, 0.2) is 48.7 Å². The molecule has 0 aliphatic carbocycles. The molecule has 0 unspecified atom stereocenters. The summed E-state index contributed by atoms with van der Waals surface area (Å²) in [5, 5.41) is 0.535. The highest BCUT2D eigenvalue weighted by Gasteiger charge is 2.20. The summed E-state index contributed by atoms with van der Waals surface area (Å²) in [5.74, 6) is 1.02. The molecule has 6 nitrogen and oxygen atoms in total. The molecule has 0 bridgehead atoms. The lowest BCUT2D eigenvalue weighted by Gasteiger charge is -2.09. The van der Waals surface area contributed by atoms with E-state index in [0.29, 0.717) is 39.8 Å². The van der Waals surface area contributed by atoms with Crippen molar-refractivity contribution in [2.45, 2.75) is 5.75 Å². The minimum absolute atomic E-state index is 0.189. The van der Waals surface area contributed by atoms with Gasteiger partial charge in [-0.3, -0.25) is 4.79 Å². The monoisotopic (exact) mass is 359 g/mol. The van der Waals surface area contributed by atoms with Crippen molar-refractivity contribution in [2.24, 2.45) is 0 Å². The van der Waals surface area contributed by atoms with Gasteiger partial charge in [0.15, 0.2) is 6.29 Å². The van der Waals surface area contributed by atoms with Gasteiger partial charge in [0.2, 0.25) is 10.0 Å². The number of carbonyl (C=O) groups excluding carboxylic acids is 1. The Bertz CT molecular complexity index is 1020. The SMILES string of the molecule is COc1ccc(CS(=O)(=O)n2cc(C=O)c3cc(OC)ccc32)cc1. The quantitative estimate of drug-likeness (QED) is 0.633. The van der Waals surface area contributed by atoms with Gasteiger partial charge in [-0.2, -0.15) is 0 Å². The third-order valence-corrected chi connectivity index (χ3v) is 5.54. The summed E-state index contributed by atoms with van der Waals surface area (Å²) in [6.07, 6.45) is 1.98. The maximum atomic E-state index is 12.8. The molecule has 0 aliphatic rings. The fourth-order valence-corrected chi connectivity index (χ4v) is 4.14. The Morgan fingerprint density at radius 1 is 1.00 bits per heavy atom. The van der Waals surface area contributed by atoms with Crippen LogP contribution in [-0.2, 0) is 15.8 Å². The van der Waals surface area contributed by atoms with E-state index in [9.17, 15) is 13.2 Å². The molecule has 0 amide bonds. The fraction of sp³-hybridized carbons (Fsp3) is 0.167. The molecule has 0 saturated carbocycles.